The van der Waals surface area contributed by atoms with Gasteiger partial charge in [0.1, 0.15) is 12.2 Å². The van der Waals surface area contributed by atoms with Gasteiger partial charge in [0.15, 0.2) is 0 Å². The molecule has 2 aromatic rings. The van der Waals surface area contributed by atoms with E-state index in [4.69, 9.17) is 10.2 Å². The summed E-state index contributed by atoms with van der Waals surface area (Å²) in [5, 5.41) is 18.0. The molecule has 8 heteroatoms. The van der Waals surface area contributed by atoms with Crippen molar-refractivity contribution in [1.82, 2.24) is 0 Å². The van der Waals surface area contributed by atoms with Crippen molar-refractivity contribution in [1.29, 1.82) is 0 Å². The van der Waals surface area contributed by atoms with Gasteiger partial charge in [-0.05, 0) is 60.8 Å². The molecule has 0 bridgehead atoms. The third-order valence-corrected chi connectivity index (χ3v) is 6.88. The van der Waals surface area contributed by atoms with Crippen molar-refractivity contribution in [3.8, 4) is 11.1 Å². The van der Waals surface area contributed by atoms with E-state index in [1.54, 1.807) is 0 Å². The monoisotopic (exact) mass is 546 g/mol. The van der Waals surface area contributed by atoms with Gasteiger partial charge >= 0.3 is 12.4 Å². The van der Waals surface area contributed by atoms with Crippen LogP contribution in [-0.4, -0.2) is 34.8 Å². The highest BCUT2D eigenvalue weighted by molar-refractivity contribution is 5.63. The Morgan fingerprint density at radius 3 is 1.05 bits per heavy atom. The summed E-state index contributed by atoms with van der Waals surface area (Å²) >= 11 is 0. The van der Waals surface area contributed by atoms with Crippen LogP contribution in [0.1, 0.15) is 88.2 Å². The highest BCUT2D eigenvalue weighted by Gasteiger charge is 2.37. The maximum atomic E-state index is 12.3. The fraction of sp³-hybridized carbons (Fsp3) is 0.600. The number of halogens is 6. The standard InChI is InChI=1S/C30H40F6O2/c31-29(32,33)27(37)13-9-5-1-3-7-11-23-15-19-25(20-16-23)26-21-17-24(18-22-26)12-8-4-2-6-10-14-28(38)30(34,35)36/h15-22,27-28,37-38H,1-14H2/t27-,28+. The van der Waals surface area contributed by atoms with Crippen molar-refractivity contribution in [2.45, 2.75) is 114 Å². The van der Waals surface area contributed by atoms with Crippen LogP contribution in [0.2, 0.25) is 0 Å². The molecule has 0 aliphatic rings. The number of unbranched alkanes of at least 4 members (excludes halogenated alkanes) is 8. The van der Waals surface area contributed by atoms with Crippen LogP contribution in [0.15, 0.2) is 48.5 Å². The van der Waals surface area contributed by atoms with Crippen molar-refractivity contribution in [3.05, 3.63) is 59.7 Å². The van der Waals surface area contributed by atoms with E-state index in [9.17, 15) is 26.3 Å². The van der Waals surface area contributed by atoms with Crippen molar-refractivity contribution in [2.24, 2.45) is 0 Å². The Bertz CT molecular complexity index is 815. The zero-order valence-electron chi connectivity index (χ0n) is 21.8. The Hall–Kier alpha value is -2.06. The number of alkyl halides is 6. The molecule has 0 aliphatic carbocycles. The molecule has 214 valence electrons. The first kappa shape index (κ1) is 32.2. The molecule has 38 heavy (non-hydrogen) atoms. The van der Waals surface area contributed by atoms with Gasteiger partial charge in [-0.2, -0.15) is 26.3 Å². The van der Waals surface area contributed by atoms with E-state index < -0.39 is 24.6 Å². The summed E-state index contributed by atoms with van der Waals surface area (Å²) in [5.74, 6) is 0. The van der Waals surface area contributed by atoms with E-state index in [0.29, 0.717) is 25.7 Å². The van der Waals surface area contributed by atoms with Gasteiger partial charge < -0.3 is 10.2 Å². The van der Waals surface area contributed by atoms with Crippen LogP contribution in [-0.2, 0) is 12.8 Å². The van der Waals surface area contributed by atoms with Crippen molar-refractivity contribution >= 4 is 0 Å². The van der Waals surface area contributed by atoms with E-state index in [2.05, 4.69) is 48.5 Å². The zero-order chi connectivity index (χ0) is 28.0. The van der Waals surface area contributed by atoms with E-state index in [1.807, 2.05) is 0 Å². The van der Waals surface area contributed by atoms with Gasteiger partial charge in [0.2, 0.25) is 0 Å². The number of aliphatic hydroxyl groups is 2. The third-order valence-electron chi connectivity index (χ3n) is 6.88. The van der Waals surface area contributed by atoms with Gasteiger partial charge in [-0.3, -0.25) is 0 Å². The summed E-state index contributed by atoms with van der Waals surface area (Å²) in [4.78, 5) is 0. The highest BCUT2D eigenvalue weighted by atomic mass is 19.4. The van der Waals surface area contributed by atoms with Crippen molar-refractivity contribution in [3.63, 3.8) is 0 Å². The van der Waals surface area contributed by atoms with Gasteiger partial charge in [-0.15, -0.1) is 0 Å². The molecule has 0 heterocycles. The summed E-state index contributed by atoms with van der Waals surface area (Å²) in [6.07, 6.45) is -4.33. The molecule has 2 nitrogen and oxygen atoms in total. The summed E-state index contributed by atoms with van der Waals surface area (Å²) in [6, 6.07) is 16.8. The summed E-state index contributed by atoms with van der Waals surface area (Å²) < 4.78 is 73.6. The van der Waals surface area contributed by atoms with Crippen LogP contribution in [0, 0.1) is 0 Å². The molecular formula is C30H40F6O2. The quantitative estimate of drug-likeness (QED) is 0.154. The second-order valence-electron chi connectivity index (χ2n) is 10.1. The smallest absolute Gasteiger partial charge is 0.384 e. The topological polar surface area (TPSA) is 40.5 Å². The van der Waals surface area contributed by atoms with E-state index >= 15 is 0 Å². The van der Waals surface area contributed by atoms with E-state index in [-0.39, 0.29) is 12.8 Å². The Balaban J connectivity index is 1.59. The minimum Gasteiger partial charge on any atom is -0.384 e. The van der Waals surface area contributed by atoms with Crippen LogP contribution >= 0.6 is 0 Å². The first-order chi connectivity index (χ1) is 18.0. The number of rotatable bonds is 17. The number of hydrogen-bond donors (Lipinski definition) is 2. The third kappa shape index (κ3) is 12.7. The molecule has 2 rings (SSSR count). The number of aryl methyl sites for hydroxylation is 2. The Morgan fingerprint density at radius 1 is 0.447 bits per heavy atom. The lowest BCUT2D eigenvalue weighted by atomic mass is 9.98. The molecule has 0 fully saturated rings. The largest absolute Gasteiger partial charge is 0.414 e. The normalized spacial score (nSPS) is 14.0. The minimum absolute atomic E-state index is 0.227. The molecule has 2 aromatic carbocycles. The molecule has 0 saturated carbocycles. The lowest BCUT2D eigenvalue weighted by molar-refractivity contribution is -0.206. The van der Waals surface area contributed by atoms with Crippen LogP contribution in [0.5, 0.6) is 0 Å². The van der Waals surface area contributed by atoms with Crippen molar-refractivity contribution in [2.75, 3.05) is 0 Å². The second kappa shape index (κ2) is 16.1. The molecule has 0 aromatic heterocycles. The minimum atomic E-state index is -4.52. The van der Waals surface area contributed by atoms with Crippen molar-refractivity contribution < 1.29 is 36.6 Å². The van der Waals surface area contributed by atoms with Crippen LogP contribution < -0.4 is 0 Å². The first-order valence-electron chi connectivity index (χ1n) is 13.6. The molecule has 0 saturated heterocycles. The van der Waals surface area contributed by atoms with Crippen LogP contribution in [0.25, 0.3) is 11.1 Å². The highest BCUT2D eigenvalue weighted by Crippen LogP contribution is 2.26. The Labute approximate surface area is 222 Å². The predicted molar refractivity (Wildman–Crippen MR) is 139 cm³/mol. The number of hydrogen-bond acceptors (Lipinski definition) is 2. The van der Waals surface area contributed by atoms with Gasteiger partial charge in [0.25, 0.3) is 0 Å². The number of aliphatic hydroxyl groups excluding tert-OH is 2. The Kier molecular flexibility index (Phi) is 13.7. The maximum absolute atomic E-state index is 12.3. The number of benzene rings is 2. The second-order valence-corrected chi connectivity index (χ2v) is 10.1. The van der Waals surface area contributed by atoms with Gasteiger partial charge in [-0.25, -0.2) is 0 Å². The summed E-state index contributed by atoms with van der Waals surface area (Å²) in [5.41, 5.74) is 4.71. The fourth-order valence-electron chi connectivity index (χ4n) is 4.45. The zero-order valence-corrected chi connectivity index (χ0v) is 21.8. The average molecular weight is 547 g/mol. The van der Waals surface area contributed by atoms with Crippen LogP contribution in [0.3, 0.4) is 0 Å². The summed E-state index contributed by atoms with van der Waals surface area (Å²) in [7, 11) is 0. The van der Waals surface area contributed by atoms with E-state index in [1.165, 1.54) is 11.1 Å². The lowest BCUT2D eigenvalue weighted by Crippen LogP contribution is -2.28. The summed E-state index contributed by atoms with van der Waals surface area (Å²) in [6.45, 7) is 0. The molecule has 0 unspecified atom stereocenters. The first-order valence-corrected chi connectivity index (χ1v) is 13.6. The Morgan fingerprint density at radius 2 is 0.737 bits per heavy atom. The van der Waals surface area contributed by atoms with Gasteiger partial charge in [0.05, 0.1) is 0 Å². The predicted octanol–water partition coefficient (Wildman–Crippen LogP) is 8.97. The SMILES string of the molecule is O[C@H](CCCCCCCc1ccc(-c2ccc(CCCCCCC[C@H](O)C(F)(F)F)cc2)cc1)C(F)(F)F. The molecule has 2 atom stereocenters. The molecule has 0 spiro atoms. The molecular weight excluding hydrogens is 506 g/mol. The van der Waals surface area contributed by atoms with Crippen LogP contribution in [0.4, 0.5) is 26.3 Å². The van der Waals surface area contributed by atoms with Gasteiger partial charge in [-0.1, -0.05) is 99.9 Å². The van der Waals surface area contributed by atoms with Gasteiger partial charge in [0, 0.05) is 0 Å². The lowest BCUT2D eigenvalue weighted by Gasteiger charge is -2.13. The maximum Gasteiger partial charge on any atom is 0.414 e. The molecule has 2 N–H and O–H groups in total. The fourth-order valence-corrected chi connectivity index (χ4v) is 4.45. The average Bonchev–Trinajstić information content (AvgIpc) is 2.87. The van der Waals surface area contributed by atoms with E-state index in [0.717, 1.165) is 62.5 Å². The molecule has 0 amide bonds. The molecule has 0 radical (unpaired) electrons. The molecule has 0 aliphatic heterocycles.